The molecule has 0 aromatic heterocycles. The van der Waals surface area contributed by atoms with Gasteiger partial charge in [0, 0.05) is 5.92 Å². The van der Waals surface area contributed by atoms with Crippen LogP contribution in [0, 0.1) is 11.8 Å². The van der Waals surface area contributed by atoms with Crippen molar-refractivity contribution in [2.24, 2.45) is 11.8 Å². The minimum atomic E-state index is 0.118. The average Bonchev–Trinajstić information content (AvgIpc) is 2.77. The van der Waals surface area contributed by atoms with Crippen molar-refractivity contribution in [2.45, 2.75) is 31.3 Å². The van der Waals surface area contributed by atoms with Crippen LogP contribution in [0.15, 0.2) is 48.1 Å². The van der Waals surface area contributed by atoms with Gasteiger partial charge in [0.15, 0.2) is 0 Å². The molecule has 1 heteroatoms. The minimum Gasteiger partial charge on any atom is -0.105 e. The molecular weight excluding hydrogens is 307 g/mol. The third kappa shape index (κ3) is 2.31. The second kappa shape index (κ2) is 5.85. The maximum absolute atomic E-state index is 2.54. The summed E-state index contributed by atoms with van der Waals surface area (Å²) in [5.74, 6) is 2.11. The van der Waals surface area contributed by atoms with Crippen LogP contribution in [-0.4, -0.2) is 12.8 Å². The van der Waals surface area contributed by atoms with E-state index in [0.717, 1.165) is 5.92 Å². The number of fused-ring (bicyclic) bond motifs is 7. The molecule has 1 aliphatic heterocycles. The van der Waals surface area contributed by atoms with Crippen LogP contribution in [0.2, 0.25) is 0 Å². The zero-order valence-corrected chi connectivity index (χ0v) is 15.3. The molecule has 2 unspecified atom stereocenters. The number of hydrogen-bond acceptors (Lipinski definition) is 0. The van der Waals surface area contributed by atoms with Crippen LogP contribution in [0.3, 0.4) is 0 Å². The number of rotatable bonds is 0. The van der Waals surface area contributed by atoms with Gasteiger partial charge in [-0.15, -0.1) is 7.92 Å². The molecule has 3 aliphatic carbocycles. The Bertz CT molecular complexity index is 883. The van der Waals surface area contributed by atoms with Gasteiger partial charge < -0.3 is 0 Å². The smallest absolute Gasteiger partial charge is 0.00899 e. The molecule has 0 amide bonds. The normalized spacial score (nSPS) is 33.0. The zero-order valence-electron chi connectivity index (χ0n) is 14.4. The molecule has 1 heterocycles. The van der Waals surface area contributed by atoms with E-state index in [1.807, 2.05) is 0 Å². The molecule has 5 rings (SSSR count). The van der Waals surface area contributed by atoms with Crippen LogP contribution in [0.4, 0.5) is 0 Å². The van der Waals surface area contributed by atoms with E-state index in [0.29, 0.717) is 11.8 Å². The van der Waals surface area contributed by atoms with E-state index in [2.05, 4.69) is 61.3 Å². The molecule has 122 valence electrons. The molecule has 0 fully saturated rings. The SMILES string of the molecule is CP1Cc2ccc3c(c2[C@H]2C4C=CC=CC4=CC[C@H]2C1)=CCCC=3. The van der Waals surface area contributed by atoms with E-state index in [1.165, 1.54) is 36.8 Å². The third-order valence-electron chi connectivity index (χ3n) is 6.26. The van der Waals surface area contributed by atoms with Gasteiger partial charge in [-0.25, -0.2) is 0 Å². The fraction of sp³-hybridized carbons (Fsp3) is 0.391. The molecule has 1 aromatic carbocycles. The summed E-state index contributed by atoms with van der Waals surface area (Å²) in [5.41, 5.74) is 4.94. The third-order valence-corrected chi connectivity index (χ3v) is 8.24. The predicted molar refractivity (Wildman–Crippen MR) is 106 cm³/mol. The van der Waals surface area contributed by atoms with E-state index in [9.17, 15) is 0 Å². The molecule has 0 spiro atoms. The highest BCUT2D eigenvalue weighted by Crippen LogP contribution is 2.53. The van der Waals surface area contributed by atoms with Crippen molar-refractivity contribution in [3.8, 4) is 0 Å². The van der Waals surface area contributed by atoms with Gasteiger partial charge in [-0.2, -0.15) is 0 Å². The van der Waals surface area contributed by atoms with Crippen LogP contribution in [-0.2, 0) is 6.16 Å². The molecular formula is C23H25P. The van der Waals surface area contributed by atoms with Crippen LogP contribution in [0.5, 0.6) is 0 Å². The van der Waals surface area contributed by atoms with Gasteiger partial charge in [0.1, 0.15) is 0 Å². The van der Waals surface area contributed by atoms with Crippen molar-refractivity contribution >= 4 is 20.1 Å². The van der Waals surface area contributed by atoms with Crippen LogP contribution in [0.1, 0.15) is 36.3 Å². The Balaban J connectivity index is 1.78. The zero-order chi connectivity index (χ0) is 16.1. The number of benzene rings is 1. The Hall–Kier alpha value is -1.39. The Morgan fingerprint density at radius 2 is 1.96 bits per heavy atom. The Morgan fingerprint density at radius 3 is 2.92 bits per heavy atom. The number of allylic oxidation sites excluding steroid dienone is 6. The minimum absolute atomic E-state index is 0.118. The van der Waals surface area contributed by atoms with Gasteiger partial charge in [-0.05, 0) is 77.2 Å². The Kier molecular flexibility index (Phi) is 3.64. The first-order chi connectivity index (χ1) is 11.8. The molecule has 0 saturated carbocycles. The molecule has 4 aliphatic rings. The summed E-state index contributed by atoms with van der Waals surface area (Å²) < 4.78 is 0. The van der Waals surface area contributed by atoms with Gasteiger partial charge in [-0.3, -0.25) is 0 Å². The lowest BCUT2D eigenvalue weighted by molar-refractivity contribution is 0.389. The van der Waals surface area contributed by atoms with Crippen LogP contribution >= 0.6 is 7.92 Å². The fourth-order valence-electron chi connectivity index (χ4n) is 5.29. The molecule has 0 N–H and O–H groups in total. The standard InChI is InChI=1S/C23H25P/c1-24-14-18-12-10-16-6-2-4-8-20(16)22(18)23-19(15-24)13-11-17-7-3-5-9-21(17)23/h2,4,6-11,13,18,20,22H,3,5,12,14-15H2,1H3/t18-,20?,22+,24?/m0/s1. The second-order valence-electron chi connectivity index (χ2n) is 7.82. The largest absolute Gasteiger partial charge is 0.105 e. The summed E-state index contributed by atoms with van der Waals surface area (Å²) in [4.78, 5) is 0. The summed E-state index contributed by atoms with van der Waals surface area (Å²) in [5, 5.41) is 3.08. The Morgan fingerprint density at radius 1 is 1.04 bits per heavy atom. The molecule has 0 radical (unpaired) electrons. The molecule has 0 saturated heterocycles. The first-order valence-electron chi connectivity index (χ1n) is 9.37. The topological polar surface area (TPSA) is 0 Å². The number of hydrogen-bond donors (Lipinski definition) is 0. The first kappa shape index (κ1) is 14.9. The van der Waals surface area contributed by atoms with Crippen molar-refractivity contribution in [3.63, 3.8) is 0 Å². The summed E-state index contributed by atoms with van der Waals surface area (Å²) in [6.45, 7) is 2.52. The first-order valence-corrected chi connectivity index (χ1v) is 11.5. The molecule has 0 nitrogen and oxygen atoms in total. The van der Waals surface area contributed by atoms with Crippen molar-refractivity contribution < 1.29 is 0 Å². The maximum atomic E-state index is 2.54. The van der Waals surface area contributed by atoms with E-state index in [4.69, 9.17) is 0 Å². The van der Waals surface area contributed by atoms with E-state index >= 15 is 0 Å². The second-order valence-corrected chi connectivity index (χ2v) is 10.2. The highest BCUT2D eigenvalue weighted by molar-refractivity contribution is 7.56. The van der Waals surface area contributed by atoms with Crippen molar-refractivity contribution in [2.75, 3.05) is 12.8 Å². The van der Waals surface area contributed by atoms with Crippen molar-refractivity contribution in [1.82, 2.24) is 0 Å². The lowest BCUT2D eigenvalue weighted by Crippen LogP contribution is -2.37. The van der Waals surface area contributed by atoms with Crippen LogP contribution < -0.4 is 10.4 Å². The van der Waals surface area contributed by atoms with E-state index < -0.39 is 0 Å². The van der Waals surface area contributed by atoms with Gasteiger partial charge >= 0.3 is 0 Å². The summed E-state index contributed by atoms with van der Waals surface area (Å²) in [6.07, 6.45) is 23.3. The Labute approximate surface area is 146 Å². The molecule has 1 aromatic rings. The highest BCUT2D eigenvalue weighted by Gasteiger charge is 2.38. The van der Waals surface area contributed by atoms with Crippen LogP contribution in [0.25, 0.3) is 12.2 Å². The maximum Gasteiger partial charge on any atom is 0.00899 e. The summed E-state index contributed by atoms with van der Waals surface area (Å²) in [6, 6.07) is 4.86. The molecule has 0 bridgehead atoms. The average molecular weight is 332 g/mol. The monoisotopic (exact) mass is 332 g/mol. The van der Waals surface area contributed by atoms with Crippen molar-refractivity contribution in [1.29, 1.82) is 0 Å². The fourth-order valence-corrected chi connectivity index (χ4v) is 7.46. The highest BCUT2D eigenvalue weighted by atomic mass is 31.1. The van der Waals surface area contributed by atoms with Gasteiger partial charge in [0.2, 0.25) is 0 Å². The van der Waals surface area contributed by atoms with Crippen molar-refractivity contribution in [3.05, 3.63) is 69.7 Å². The lowest BCUT2D eigenvalue weighted by Gasteiger charge is -2.38. The quantitative estimate of drug-likeness (QED) is 0.616. The molecule has 4 atom stereocenters. The van der Waals surface area contributed by atoms with Gasteiger partial charge in [0.25, 0.3) is 0 Å². The summed E-state index contributed by atoms with van der Waals surface area (Å²) >= 11 is 0. The lowest BCUT2D eigenvalue weighted by atomic mass is 9.67. The molecule has 24 heavy (non-hydrogen) atoms. The summed E-state index contributed by atoms with van der Waals surface area (Å²) in [7, 11) is 0.118. The van der Waals surface area contributed by atoms with E-state index in [-0.39, 0.29) is 7.92 Å². The van der Waals surface area contributed by atoms with E-state index in [1.54, 1.807) is 21.9 Å². The predicted octanol–water partition coefficient (Wildman–Crippen LogP) is 4.44. The van der Waals surface area contributed by atoms with Gasteiger partial charge in [0.05, 0.1) is 0 Å². The van der Waals surface area contributed by atoms with Gasteiger partial charge in [-0.1, -0.05) is 54.7 Å².